The SMILES string of the molecule is O=[N+]([O-])c1cccc(-n2nc(C(F)F)c([N+](=O)[O-])c2Cl)c1. The van der Waals surface area contributed by atoms with E-state index >= 15 is 0 Å². The average molecular weight is 319 g/mol. The van der Waals surface area contributed by atoms with E-state index in [0.717, 1.165) is 6.07 Å². The lowest BCUT2D eigenvalue weighted by atomic mass is 10.3. The molecule has 0 aliphatic rings. The molecule has 0 aliphatic carbocycles. The largest absolute Gasteiger partial charge is 0.335 e. The molecule has 1 heterocycles. The summed E-state index contributed by atoms with van der Waals surface area (Å²) >= 11 is 5.69. The molecule has 0 fully saturated rings. The van der Waals surface area contributed by atoms with Gasteiger partial charge in [-0.25, -0.2) is 13.5 Å². The van der Waals surface area contributed by atoms with E-state index < -0.39 is 32.8 Å². The van der Waals surface area contributed by atoms with E-state index in [4.69, 9.17) is 11.6 Å². The van der Waals surface area contributed by atoms with Gasteiger partial charge in [-0.3, -0.25) is 20.2 Å². The third-order valence-corrected chi connectivity index (χ3v) is 2.85. The summed E-state index contributed by atoms with van der Waals surface area (Å²) in [7, 11) is 0. The lowest BCUT2D eigenvalue weighted by Crippen LogP contribution is -1.99. The maximum absolute atomic E-state index is 12.8. The Labute approximate surface area is 119 Å². The van der Waals surface area contributed by atoms with Crippen molar-refractivity contribution >= 4 is 23.0 Å². The van der Waals surface area contributed by atoms with E-state index in [1.54, 1.807) is 0 Å². The number of halogens is 3. The molecule has 0 saturated carbocycles. The van der Waals surface area contributed by atoms with Crippen LogP contribution >= 0.6 is 11.6 Å². The molecule has 2 aromatic rings. The maximum Gasteiger partial charge on any atom is 0.335 e. The third kappa shape index (κ3) is 2.65. The molecule has 8 nitrogen and oxygen atoms in total. The number of hydrogen-bond donors (Lipinski definition) is 0. The van der Waals surface area contributed by atoms with Crippen LogP contribution in [0.25, 0.3) is 5.69 Å². The molecule has 0 atom stereocenters. The van der Waals surface area contributed by atoms with Gasteiger partial charge in [0.2, 0.25) is 10.8 Å². The van der Waals surface area contributed by atoms with Crippen LogP contribution in [0.15, 0.2) is 24.3 Å². The Bertz CT molecular complexity index is 734. The van der Waals surface area contributed by atoms with E-state index in [1.165, 1.54) is 18.2 Å². The van der Waals surface area contributed by atoms with E-state index in [1.807, 2.05) is 0 Å². The molecule has 21 heavy (non-hydrogen) atoms. The van der Waals surface area contributed by atoms with Crippen molar-refractivity contribution in [3.05, 3.63) is 55.3 Å². The van der Waals surface area contributed by atoms with Gasteiger partial charge >= 0.3 is 5.69 Å². The summed E-state index contributed by atoms with van der Waals surface area (Å²) in [6.45, 7) is 0. The molecule has 0 N–H and O–H groups in total. The minimum Gasteiger partial charge on any atom is -0.258 e. The number of aromatic nitrogens is 2. The molecule has 110 valence electrons. The second kappa shape index (κ2) is 5.40. The number of non-ortho nitro benzene ring substituents is 1. The molecule has 0 bridgehead atoms. The van der Waals surface area contributed by atoms with E-state index in [9.17, 15) is 29.0 Å². The van der Waals surface area contributed by atoms with E-state index in [2.05, 4.69) is 5.10 Å². The molecule has 0 amide bonds. The van der Waals surface area contributed by atoms with Crippen molar-refractivity contribution in [2.75, 3.05) is 0 Å². The molecular weight excluding hydrogens is 314 g/mol. The van der Waals surface area contributed by atoms with Gasteiger partial charge in [0.05, 0.1) is 15.5 Å². The molecule has 11 heteroatoms. The summed E-state index contributed by atoms with van der Waals surface area (Å²) in [6.07, 6.45) is -3.21. The molecule has 0 saturated heterocycles. The third-order valence-electron chi connectivity index (χ3n) is 2.51. The highest BCUT2D eigenvalue weighted by atomic mass is 35.5. The van der Waals surface area contributed by atoms with Crippen molar-refractivity contribution in [2.45, 2.75) is 6.43 Å². The Morgan fingerprint density at radius 1 is 1.24 bits per heavy atom. The fourth-order valence-corrected chi connectivity index (χ4v) is 1.93. The minimum atomic E-state index is -3.21. The number of benzene rings is 1. The van der Waals surface area contributed by atoms with Crippen molar-refractivity contribution in [3.63, 3.8) is 0 Å². The highest BCUT2D eigenvalue weighted by Crippen LogP contribution is 2.36. The normalized spacial score (nSPS) is 10.9. The second-order valence-electron chi connectivity index (χ2n) is 3.77. The van der Waals surface area contributed by atoms with Crippen molar-refractivity contribution in [3.8, 4) is 5.69 Å². The summed E-state index contributed by atoms with van der Waals surface area (Å²) < 4.78 is 26.2. The van der Waals surface area contributed by atoms with Crippen LogP contribution in [-0.2, 0) is 0 Å². The predicted octanol–water partition coefficient (Wildman–Crippen LogP) is 3.28. The van der Waals surface area contributed by atoms with Gasteiger partial charge in [-0.1, -0.05) is 17.7 Å². The highest BCUT2D eigenvalue weighted by molar-refractivity contribution is 6.32. The number of nitro groups is 2. The van der Waals surface area contributed by atoms with Crippen LogP contribution < -0.4 is 0 Å². The molecule has 1 aromatic heterocycles. The van der Waals surface area contributed by atoms with Crippen LogP contribution in [0.5, 0.6) is 0 Å². The fraction of sp³-hybridized carbons (Fsp3) is 0.100. The molecular formula is C10H5ClF2N4O4. The Balaban J connectivity index is 2.65. The number of alkyl halides is 2. The van der Waals surface area contributed by atoms with Crippen LogP contribution in [0, 0.1) is 20.2 Å². The quantitative estimate of drug-likeness (QED) is 0.635. The monoisotopic (exact) mass is 318 g/mol. The van der Waals surface area contributed by atoms with Gasteiger partial charge in [-0.15, -0.1) is 0 Å². The Morgan fingerprint density at radius 2 is 1.90 bits per heavy atom. The van der Waals surface area contributed by atoms with Crippen LogP contribution in [0.4, 0.5) is 20.2 Å². The minimum absolute atomic E-state index is 0.0378. The zero-order valence-corrected chi connectivity index (χ0v) is 10.7. The first-order valence-corrected chi connectivity index (χ1v) is 5.66. The zero-order chi connectivity index (χ0) is 15.7. The van der Waals surface area contributed by atoms with Gasteiger partial charge in [-0.05, 0) is 6.07 Å². The Hall–Kier alpha value is -2.62. The molecule has 0 spiro atoms. The predicted molar refractivity (Wildman–Crippen MR) is 66.8 cm³/mol. The van der Waals surface area contributed by atoms with Gasteiger partial charge in [0.25, 0.3) is 12.1 Å². The Morgan fingerprint density at radius 3 is 2.38 bits per heavy atom. The lowest BCUT2D eigenvalue weighted by molar-refractivity contribution is -0.386. The number of nitro benzene ring substituents is 1. The van der Waals surface area contributed by atoms with Crippen LogP contribution in [0.2, 0.25) is 5.15 Å². The number of rotatable bonds is 4. The van der Waals surface area contributed by atoms with E-state index in [0.29, 0.717) is 4.68 Å². The molecule has 1 aromatic carbocycles. The van der Waals surface area contributed by atoms with E-state index in [-0.39, 0.29) is 11.4 Å². The Kier molecular flexibility index (Phi) is 3.80. The van der Waals surface area contributed by atoms with Gasteiger partial charge in [0.15, 0.2) is 0 Å². The summed E-state index contributed by atoms with van der Waals surface area (Å²) in [5.41, 5.74) is -2.50. The first-order valence-electron chi connectivity index (χ1n) is 5.28. The van der Waals surface area contributed by atoms with Gasteiger partial charge in [0, 0.05) is 12.1 Å². The molecule has 0 radical (unpaired) electrons. The van der Waals surface area contributed by atoms with Crippen molar-refractivity contribution < 1.29 is 18.6 Å². The van der Waals surface area contributed by atoms with Gasteiger partial charge < -0.3 is 0 Å². The fourth-order valence-electron chi connectivity index (χ4n) is 1.63. The summed E-state index contributed by atoms with van der Waals surface area (Å²) in [6, 6.07) is 4.76. The molecule has 0 aliphatic heterocycles. The van der Waals surface area contributed by atoms with Crippen molar-refractivity contribution in [1.82, 2.24) is 9.78 Å². The summed E-state index contributed by atoms with van der Waals surface area (Å²) in [5, 5.41) is 24.2. The first-order chi connectivity index (χ1) is 9.82. The van der Waals surface area contributed by atoms with Crippen LogP contribution in [0.3, 0.4) is 0 Å². The summed E-state index contributed by atoms with van der Waals surface area (Å²) in [5.74, 6) is 0. The standard InChI is InChI=1S/C10H5ClF2N4O4/c11-9-8(17(20)21)7(10(12)13)14-15(9)5-2-1-3-6(4-5)16(18)19/h1-4,10H. The van der Waals surface area contributed by atoms with Crippen molar-refractivity contribution in [1.29, 1.82) is 0 Å². The average Bonchev–Trinajstić information content (AvgIpc) is 2.76. The molecule has 2 rings (SSSR count). The summed E-state index contributed by atoms with van der Waals surface area (Å²) in [4.78, 5) is 19.7. The first kappa shape index (κ1) is 14.8. The molecule has 0 unspecified atom stereocenters. The van der Waals surface area contributed by atoms with Gasteiger partial charge in [0.1, 0.15) is 0 Å². The smallest absolute Gasteiger partial charge is 0.258 e. The van der Waals surface area contributed by atoms with Crippen LogP contribution in [0.1, 0.15) is 12.1 Å². The zero-order valence-electron chi connectivity index (χ0n) is 9.94. The number of nitrogens with zero attached hydrogens (tertiary/aromatic N) is 4. The second-order valence-corrected chi connectivity index (χ2v) is 4.13. The highest BCUT2D eigenvalue weighted by Gasteiger charge is 2.32. The topological polar surface area (TPSA) is 104 Å². The van der Waals surface area contributed by atoms with Crippen molar-refractivity contribution in [2.24, 2.45) is 0 Å². The van der Waals surface area contributed by atoms with Gasteiger partial charge in [-0.2, -0.15) is 5.10 Å². The number of hydrogen-bond acceptors (Lipinski definition) is 5. The maximum atomic E-state index is 12.8. The van der Waals surface area contributed by atoms with Crippen LogP contribution in [-0.4, -0.2) is 19.6 Å². The lowest BCUT2D eigenvalue weighted by Gasteiger charge is -2.01.